The number of nitrogens with one attached hydrogen (secondary N) is 3. The lowest BCUT2D eigenvalue weighted by atomic mass is 9.86. The summed E-state index contributed by atoms with van der Waals surface area (Å²) in [6, 6.07) is 3.94. The lowest BCUT2D eigenvalue weighted by Crippen LogP contribution is -2.76. The number of aliphatic imine (C=N–C) groups is 1. The van der Waals surface area contributed by atoms with Gasteiger partial charge in [-0.15, -0.1) is 0 Å². The van der Waals surface area contributed by atoms with Crippen LogP contribution >= 0.6 is 0 Å². The minimum Gasteiger partial charge on any atom is -0.463 e. The minimum absolute atomic E-state index is 0.00486. The molecule has 16 nitrogen and oxygen atoms in total. The van der Waals surface area contributed by atoms with Crippen LogP contribution in [0.2, 0.25) is 0 Å². The number of nitriles is 1. The maximum Gasteiger partial charge on any atom is 0.408 e. The second-order valence-corrected chi connectivity index (χ2v) is 16.1. The van der Waals surface area contributed by atoms with Crippen LogP contribution in [-0.4, -0.2) is 100 Å². The average molecular weight is 748 g/mol. The SMILES string of the molecule is CCOC(C)(C)C(=O)N=C([NH+]=CN)c1ccc([C@]2(C#N)O[C@H](COC(=O)CC3CCCCC3)[C@@H](OC(O)C(NC(=O)OC(C)(C)C)C(C)(C)C)C2O)[nH]1. The molecule has 2 amide bonds. The van der Waals surface area contributed by atoms with Gasteiger partial charge in [-0.05, 0) is 77.8 Å². The second kappa shape index (κ2) is 18.0. The number of aromatic nitrogens is 1. The predicted octanol–water partition coefficient (Wildman–Crippen LogP) is 1.81. The molecule has 0 radical (unpaired) electrons. The Morgan fingerprint density at radius 3 is 2.40 bits per heavy atom. The Hall–Kier alpha value is -3.88. The van der Waals surface area contributed by atoms with Gasteiger partial charge in [0.1, 0.15) is 42.3 Å². The monoisotopic (exact) mass is 747 g/mol. The number of nitrogens with two attached hydrogens (primary N) is 1. The van der Waals surface area contributed by atoms with Crippen LogP contribution in [0.4, 0.5) is 4.79 Å². The highest BCUT2D eigenvalue weighted by Gasteiger charge is 2.59. The molecule has 6 atom stereocenters. The largest absolute Gasteiger partial charge is 0.463 e. The molecule has 1 aliphatic carbocycles. The molecular formula is C37H59N6O10+. The van der Waals surface area contributed by atoms with E-state index >= 15 is 0 Å². The zero-order chi connectivity index (χ0) is 39.8. The van der Waals surface area contributed by atoms with E-state index in [1.54, 1.807) is 62.3 Å². The number of amides is 2. The van der Waals surface area contributed by atoms with E-state index in [1.165, 1.54) is 12.1 Å². The molecule has 1 saturated heterocycles. The van der Waals surface area contributed by atoms with Gasteiger partial charge in [0.2, 0.25) is 5.60 Å². The lowest BCUT2D eigenvalue weighted by Gasteiger charge is -2.37. The molecule has 3 rings (SSSR count). The van der Waals surface area contributed by atoms with Gasteiger partial charge in [-0.3, -0.25) is 4.79 Å². The number of hydrogen-bond donors (Lipinski definition) is 6. The maximum atomic E-state index is 13.0. The second-order valence-electron chi connectivity index (χ2n) is 16.1. The van der Waals surface area contributed by atoms with Crippen LogP contribution < -0.4 is 16.0 Å². The summed E-state index contributed by atoms with van der Waals surface area (Å²) in [5.74, 6) is -0.883. The van der Waals surface area contributed by atoms with Crippen molar-refractivity contribution in [3.05, 3.63) is 23.5 Å². The fourth-order valence-corrected chi connectivity index (χ4v) is 6.39. The summed E-state index contributed by atoms with van der Waals surface area (Å²) in [4.78, 5) is 48.6. The lowest BCUT2D eigenvalue weighted by molar-refractivity contribution is -0.309. The highest BCUT2D eigenvalue weighted by molar-refractivity contribution is 6.01. The fourth-order valence-electron chi connectivity index (χ4n) is 6.39. The van der Waals surface area contributed by atoms with Crippen molar-refractivity contribution in [1.82, 2.24) is 10.3 Å². The molecule has 1 aromatic rings. The van der Waals surface area contributed by atoms with E-state index < -0.39 is 77.4 Å². The van der Waals surface area contributed by atoms with Crippen molar-refractivity contribution in [1.29, 1.82) is 5.26 Å². The molecule has 2 heterocycles. The molecule has 1 aromatic heterocycles. The van der Waals surface area contributed by atoms with Gasteiger partial charge in [-0.1, -0.05) is 45.0 Å². The quantitative estimate of drug-likeness (QED) is 0.0733. The average Bonchev–Trinajstić information content (AvgIpc) is 3.65. The highest BCUT2D eigenvalue weighted by atomic mass is 16.7. The van der Waals surface area contributed by atoms with E-state index in [1.807, 2.05) is 6.07 Å². The Morgan fingerprint density at radius 2 is 1.83 bits per heavy atom. The van der Waals surface area contributed by atoms with Crippen molar-refractivity contribution in [2.75, 3.05) is 13.2 Å². The number of H-pyrrole nitrogens is 1. The van der Waals surface area contributed by atoms with E-state index in [0.29, 0.717) is 0 Å². The predicted molar refractivity (Wildman–Crippen MR) is 193 cm³/mol. The maximum absolute atomic E-state index is 13.0. The number of aliphatic hydroxyl groups is 2. The van der Waals surface area contributed by atoms with Crippen molar-refractivity contribution in [3.63, 3.8) is 0 Å². The Balaban J connectivity index is 1.98. The number of nitrogens with zero attached hydrogens (tertiary/aromatic N) is 2. The minimum atomic E-state index is -2.15. The Kier molecular flexibility index (Phi) is 14.8. The van der Waals surface area contributed by atoms with Crippen LogP contribution in [0.25, 0.3) is 0 Å². The number of aromatic amines is 1. The first-order valence-electron chi connectivity index (χ1n) is 18.2. The first-order chi connectivity index (χ1) is 24.7. The molecule has 296 valence electrons. The highest BCUT2D eigenvalue weighted by Crippen LogP contribution is 2.42. The zero-order valence-electron chi connectivity index (χ0n) is 32.5. The first kappa shape index (κ1) is 43.5. The van der Waals surface area contributed by atoms with Crippen molar-refractivity contribution in [2.24, 2.45) is 22.1 Å². The zero-order valence-corrected chi connectivity index (χ0v) is 32.5. The summed E-state index contributed by atoms with van der Waals surface area (Å²) in [6.07, 6.45) is -0.661. The van der Waals surface area contributed by atoms with Gasteiger partial charge >= 0.3 is 18.0 Å². The van der Waals surface area contributed by atoms with E-state index in [-0.39, 0.29) is 36.2 Å². The topological polar surface area (TPSA) is 242 Å². The number of carbonyl (C=O) groups is 3. The van der Waals surface area contributed by atoms with Gasteiger partial charge in [0.15, 0.2) is 18.2 Å². The number of esters is 1. The van der Waals surface area contributed by atoms with E-state index in [0.717, 1.165) is 38.4 Å². The number of aliphatic hydroxyl groups excluding tert-OH is 2. The third kappa shape index (κ3) is 11.6. The number of rotatable bonds is 13. The molecule has 53 heavy (non-hydrogen) atoms. The van der Waals surface area contributed by atoms with E-state index in [2.05, 4.69) is 20.3 Å². The third-order valence-electron chi connectivity index (χ3n) is 9.17. The Labute approximate surface area is 311 Å². The third-order valence-corrected chi connectivity index (χ3v) is 9.17. The van der Waals surface area contributed by atoms with Gasteiger partial charge in [0.05, 0.1) is 11.7 Å². The number of carbonyl (C=O) groups excluding carboxylic acids is 3. The molecule has 0 aromatic carbocycles. The van der Waals surface area contributed by atoms with Crippen LogP contribution in [0.1, 0.15) is 112 Å². The van der Waals surface area contributed by atoms with E-state index in [4.69, 9.17) is 29.4 Å². The van der Waals surface area contributed by atoms with Crippen molar-refractivity contribution >= 4 is 30.1 Å². The van der Waals surface area contributed by atoms with Crippen molar-refractivity contribution < 1.29 is 53.3 Å². The molecule has 3 unspecified atom stereocenters. The molecular weight excluding hydrogens is 688 g/mol. The summed E-state index contributed by atoms with van der Waals surface area (Å²) >= 11 is 0. The van der Waals surface area contributed by atoms with Gasteiger partial charge in [0, 0.05) is 13.0 Å². The summed E-state index contributed by atoms with van der Waals surface area (Å²) in [5.41, 5.74) is 0.866. The molecule has 0 bridgehead atoms. The fraction of sp³-hybridized carbons (Fsp3) is 0.730. The molecule has 16 heteroatoms. The molecule has 1 saturated carbocycles. The van der Waals surface area contributed by atoms with Crippen LogP contribution in [0.15, 0.2) is 17.1 Å². The van der Waals surface area contributed by atoms with Crippen molar-refractivity contribution in [2.45, 2.75) is 148 Å². The standard InChI is InChI=1S/C37H58N6O10/c1-10-50-36(8,9)32(47)43-30(40-21-39)23-16-17-25(41-23)37(20-38)29(45)27(24(52-37)19-49-26(44)18-22-14-12-11-13-15-22)51-31(46)28(34(2,3)4)42-33(48)53-35(5,6)7/h16-17,21-22,24,27-29,31,41,45-46H,10-15,18-19H2,1-9H3,(H,42,48)(H2,39,40,43,47)/p+1/t24-,27-,28?,29?,31?,37+/m1/s1. The Morgan fingerprint density at radius 1 is 1.17 bits per heavy atom. The summed E-state index contributed by atoms with van der Waals surface area (Å²) in [5, 5.41) is 36.7. The van der Waals surface area contributed by atoms with Gasteiger partial charge in [-0.25, -0.2) is 14.6 Å². The smallest absolute Gasteiger partial charge is 0.408 e. The molecule has 2 aliphatic rings. The van der Waals surface area contributed by atoms with Crippen LogP contribution in [0.5, 0.6) is 0 Å². The van der Waals surface area contributed by atoms with Crippen LogP contribution in [-0.2, 0) is 38.9 Å². The van der Waals surface area contributed by atoms with Crippen LogP contribution in [0, 0.1) is 22.7 Å². The number of hydrogen-bond acceptors (Lipinski definition) is 11. The van der Waals surface area contributed by atoms with Crippen molar-refractivity contribution in [3.8, 4) is 6.07 Å². The summed E-state index contributed by atoms with van der Waals surface area (Å²) in [7, 11) is 0. The molecule has 7 N–H and O–H groups in total. The molecule has 2 fully saturated rings. The number of alkyl carbamates (subject to hydrolysis) is 1. The van der Waals surface area contributed by atoms with Gasteiger partial charge in [-0.2, -0.15) is 5.26 Å². The molecule has 0 spiro atoms. The van der Waals surface area contributed by atoms with E-state index in [9.17, 15) is 29.9 Å². The number of ether oxygens (including phenoxy) is 5. The normalized spacial score (nSPS) is 24.4. The van der Waals surface area contributed by atoms with Crippen LogP contribution in [0.3, 0.4) is 0 Å². The molecule has 1 aliphatic heterocycles. The number of amidine groups is 1. The first-order valence-corrected chi connectivity index (χ1v) is 18.2. The van der Waals surface area contributed by atoms with Gasteiger partial charge < -0.3 is 49.9 Å². The Bertz CT molecular complexity index is 1510. The summed E-state index contributed by atoms with van der Waals surface area (Å²) in [6.45, 7) is 15.1. The van der Waals surface area contributed by atoms with Gasteiger partial charge in [0.25, 0.3) is 5.84 Å². The summed E-state index contributed by atoms with van der Waals surface area (Å²) < 4.78 is 28.9.